The second-order valence-electron chi connectivity index (χ2n) is 4.11. The topological polar surface area (TPSA) is 58.4 Å². The number of nitrogen functional groups attached to an aromatic ring is 1. The number of hydrogen-bond donors (Lipinski definition) is 2. The Hall–Kier alpha value is -1.07. The van der Waals surface area contributed by atoms with Crippen LogP contribution in [0.15, 0.2) is 6.07 Å². The summed E-state index contributed by atoms with van der Waals surface area (Å²) < 4.78 is 0. The van der Waals surface area contributed by atoms with Crippen molar-refractivity contribution in [2.24, 2.45) is 0 Å². The molecule has 2 rings (SSSR count). The van der Waals surface area contributed by atoms with Gasteiger partial charge in [-0.05, 0) is 25.8 Å². The van der Waals surface area contributed by atoms with Crippen molar-refractivity contribution in [3.63, 3.8) is 0 Å². The number of anilines is 1. The first-order chi connectivity index (χ1) is 7.66. The Labute approximate surface area is 99.4 Å². The molecular formula is C11H17N3OS. The first-order valence-corrected chi connectivity index (χ1v) is 6.40. The highest BCUT2D eigenvalue weighted by atomic mass is 32.1. The van der Waals surface area contributed by atoms with E-state index >= 15 is 0 Å². The molecule has 0 saturated carbocycles. The van der Waals surface area contributed by atoms with Gasteiger partial charge in [-0.25, -0.2) is 5.01 Å². The van der Waals surface area contributed by atoms with Gasteiger partial charge in [0.25, 0.3) is 5.91 Å². The number of nitrogens with two attached hydrogens (primary N) is 1. The number of rotatable bonds is 2. The smallest absolute Gasteiger partial charge is 0.275 e. The van der Waals surface area contributed by atoms with E-state index in [-0.39, 0.29) is 5.91 Å². The summed E-state index contributed by atoms with van der Waals surface area (Å²) in [5.74, 6) is -0.0355. The van der Waals surface area contributed by atoms with E-state index in [1.165, 1.54) is 17.8 Å². The molecule has 2 heterocycles. The third-order valence-corrected chi connectivity index (χ3v) is 3.86. The van der Waals surface area contributed by atoms with Crippen molar-refractivity contribution >= 4 is 22.9 Å². The third-order valence-electron chi connectivity index (χ3n) is 2.80. The van der Waals surface area contributed by atoms with Crippen LogP contribution in [0, 0.1) is 6.92 Å². The van der Waals surface area contributed by atoms with Crippen LogP contribution < -0.4 is 11.2 Å². The molecule has 0 unspecified atom stereocenters. The summed E-state index contributed by atoms with van der Waals surface area (Å²) in [7, 11) is 0. The van der Waals surface area contributed by atoms with E-state index in [2.05, 4.69) is 5.43 Å². The minimum atomic E-state index is -0.0355. The van der Waals surface area contributed by atoms with Crippen LogP contribution in [0.3, 0.4) is 0 Å². The molecular weight excluding hydrogens is 222 g/mol. The van der Waals surface area contributed by atoms with Crippen LogP contribution in [0.1, 0.15) is 33.8 Å². The van der Waals surface area contributed by atoms with Crippen LogP contribution >= 0.6 is 11.3 Å². The fourth-order valence-electron chi connectivity index (χ4n) is 1.81. The van der Waals surface area contributed by atoms with Gasteiger partial charge in [-0.3, -0.25) is 10.2 Å². The highest BCUT2D eigenvalue weighted by Gasteiger charge is 2.16. The number of hydrogen-bond acceptors (Lipinski definition) is 4. The number of carbonyl (C=O) groups is 1. The maximum absolute atomic E-state index is 11.9. The molecule has 5 heteroatoms. The van der Waals surface area contributed by atoms with Crippen LogP contribution in [0.2, 0.25) is 0 Å². The summed E-state index contributed by atoms with van der Waals surface area (Å²) in [6.07, 6.45) is 3.58. The molecule has 1 saturated heterocycles. The van der Waals surface area contributed by atoms with Gasteiger partial charge in [-0.2, -0.15) is 0 Å². The van der Waals surface area contributed by atoms with E-state index in [9.17, 15) is 4.79 Å². The minimum absolute atomic E-state index is 0.0355. The molecule has 1 amide bonds. The fraction of sp³-hybridized carbons (Fsp3) is 0.545. The molecule has 1 aromatic rings. The van der Waals surface area contributed by atoms with E-state index in [0.717, 1.165) is 30.8 Å². The van der Waals surface area contributed by atoms with Gasteiger partial charge < -0.3 is 5.73 Å². The zero-order chi connectivity index (χ0) is 11.5. The lowest BCUT2D eigenvalue weighted by molar-refractivity contribution is 0.0754. The molecule has 0 radical (unpaired) electrons. The number of aryl methyl sites for hydroxylation is 1. The van der Waals surface area contributed by atoms with Crippen molar-refractivity contribution < 1.29 is 4.79 Å². The van der Waals surface area contributed by atoms with Gasteiger partial charge in [-0.15, -0.1) is 11.3 Å². The average molecular weight is 239 g/mol. The van der Waals surface area contributed by atoms with Gasteiger partial charge in [0.1, 0.15) is 0 Å². The molecule has 4 nitrogen and oxygen atoms in total. The molecule has 0 aliphatic carbocycles. The van der Waals surface area contributed by atoms with Crippen LogP contribution in [-0.4, -0.2) is 24.0 Å². The molecule has 3 N–H and O–H groups in total. The monoisotopic (exact) mass is 239 g/mol. The van der Waals surface area contributed by atoms with Crippen LogP contribution in [0.25, 0.3) is 0 Å². The van der Waals surface area contributed by atoms with Crippen LogP contribution in [-0.2, 0) is 0 Å². The summed E-state index contributed by atoms with van der Waals surface area (Å²) in [6, 6.07) is 1.75. The molecule has 1 aromatic heterocycles. The molecule has 16 heavy (non-hydrogen) atoms. The number of amides is 1. The third kappa shape index (κ3) is 2.54. The number of nitrogens with zero attached hydrogens (tertiary/aromatic N) is 1. The largest absolute Gasteiger partial charge is 0.398 e. The van der Waals surface area contributed by atoms with Gasteiger partial charge in [0.2, 0.25) is 0 Å². The van der Waals surface area contributed by atoms with E-state index in [1.54, 1.807) is 6.07 Å². The lowest BCUT2D eigenvalue weighted by atomic mass is 10.2. The predicted molar refractivity (Wildman–Crippen MR) is 66.4 cm³/mol. The predicted octanol–water partition coefficient (Wildman–Crippen LogP) is 1.77. The Morgan fingerprint density at radius 3 is 2.69 bits per heavy atom. The van der Waals surface area contributed by atoms with Crippen molar-refractivity contribution in [1.29, 1.82) is 0 Å². The Morgan fingerprint density at radius 1 is 1.44 bits per heavy atom. The van der Waals surface area contributed by atoms with Crippen molar-refractivity contribution in [2.75, 3.05) is 18.8 Å². The lowest BCUT2D eigenvalue weighted by Gasteiger charge is -2.26. The Morgan fingerprint density at radius 2 is 2.12 bits per heavy atom. The highest BCUT2D eigenvalue weighted by Crippen LogP contribution is 2.23. The number of thiophene rings is 1. The lowest BCUT2D eigenvalue weighted by Crippen LogP contribution is -2.44. The molecule has 1 aliphatic rings. The second-order valence-corrected chi connectivity index (χ2v) is 5.37. The number of carbonyl (C=O) groups excluding carboxylic acids is 1. The fourth-order valence-corrected chi connectivity index (χ4v) is 2.64. The average Bonchev–Trinajstić information content (AvgIpc) is 2.61. The van der Waals surface area contributed by atoms with E-state index in [0.29, 0.717) is 10.6 Å². The van der Waals surface area contributed by atoms with Gasteiger partial charge in [-0.1, -0.05) is 6.42 Å². The van der Waals surface area contributed by atoms with Gasteiger partial charge in [0, 0.05) is 23.7 Å². The highest BCUT2D eigenvalue weighted by molar-refractivity contribution is 7.14. The summed E-state index contributed by atoms with van der Waals surface area (Å²) in [4.78, 5) is 13.6. The zero-order valence-corrected chi connectivity index (χ0v) is 10.3. The van der Waals surface area contributed by atoms with Gasteiger partial charge in [0.15, 0.2) is 0 Å². The van der Waals surface area contributed by atoms with E-state index < -0.39 is 0 Å². The van der Waals surface area contributed by atoms with Crippen molar-refractivity contribution in [1.82, 2.24) is 10.4 Å². The maximum atomic E-state index is 11.9. The molecule has 1 fully saturated rings. The first kappa shape index (κ1) is 11.4. The van der Waals surface area contributed by atoms with Crippen LogP contribution in [0.4, 0.5) is 5.69 Å². The molecule has 0 spiro atoms. The number of nitrogens with one attached hydrogen (secondary N) is 1. The van der Waals surface area contributed by atoms with Gasteiger partial charge >= 0.3 is 0 Å². The number of piperidine rings is 1. The van der Waals surface area contributed by atoms with Crippen molar-refractivity contribution in [2.45, 2.75) is 26.2 Å². The molecule has 0 aromatic carbocycles. The summed E-state index contributed by atoms with van der Waals surface area (Å²) in [5.41, 5.74) is 9.36. The quantitative estimate of drug-likeness (QED) is 0.827. The Balaban J connectivity index is 1.96. The normalized spacial score (nSPS) is 17.3. The van der Waals surface area contributed by atoms with Crippen LogP contribution in [0.5, 0.6) is 0 Å². The Kier molecular flexibility index (Phi) is 3.46. The van der Waals surface area contributed by atoms with Crippen molar-refractivity contribution in [3.05, 3.63) is 15.8 Å². The number of hydrazine groups is 1. The summed E-state index contributed by atoms with van der Waals surface area (Å²) in [5, 5.41) is 2.00. The SMILES string of the molecule is Cc1sc(C(=O)NN2CCCCC2)cc1N. The molecule has 0 atom stereocenters. The molecule has 88 valence electrons. The van der Waals surface area contributed by atoms with Gasteiger partial charge in [0.05, 0.1) is 4.88 Å². The van der Waals surface area contributed by atoms with Crippen molar-refractivity contribution in [3.8, 4) is 0 Å². The second kappa shape index (κ2) is 4.84. The Bertz CT molecular complexity index is 363. The summed E-state index contributed by atoms with van der Waals surface area (Å²) >= 11 is 1.45. The molecule has 0 bridgehead atoms. The molecule has 1 aliphatic heterocycles. The maximum Gasteiger partial charge on any atom is 0.275 e. The standard InChI is InChI=1S/C11H17N3OS/c1-8-9(12)7-10(16-8)11(15)13-14-5-3-2-4-6-14/h7H,2-6,12H2,1H3,(H,13,15). The minimum Gasteiger partial charge on any atom is -0.398 e. The van der Waals surface area contributed by atoms with E-state index in [1.807, 2.05) is 11.9 Å². The zero-order valence-electron chi connectivity index (χ0n) is 9.45. The summed E-state index contributed by atoms with van der Waals surface area (Å²) in [6.45, 7) is 3.83. The first-order valence-electron chi connectivity index (χ1n) is 5.58. The van der Waals surface area contributed by atoms with E-state index in [4.69, 9.17) is 5.73 Å².